The third-order valence-corrected chi connectivity index (χ3v) is 7.02. The number of methoxy groups -OCH3 is 1. The summed E-state index contributed by atoms with van der Waals surface area (Å²) in [5, 5.41) is 0. The summed E-state index contributed by atoms with van der Waals surface area (Å²) in [5.41, 5.74) is 0. The summed E-state index contributed by atoms with van der Waals surface area (Å²) >= 11 is 1.31. The Labute approximate surface area is 139 Å². The quantitative estimate of drug-likeness (QED) is 0.825. The Kier molecular flexibility index (Phi) is 4.51. The molecular formula is C14H18N4O3S2. The van der Waals surface area contributed by atoms with Gasteiger partial charge >= 0.3 is 0 Å². The smallest absolute Gasteiger partial charge is 0.252 e. The molecule has 0 bridgehead atoms. The normalized spacial score (nSPS) is 16.5. The number of nitrogens with zero attached hydrogens (tertiary/aromatic N) is 4. The number of aryl methyl sites for hydroxylation is 1. The van der Waals surface area contributed by atoms with Crippen LogP contribution in [0, 0.1) is 6.92 Å². The van der Waals surface area contributed by atoms with E-state index in [9.17, 15) is 8.42 Å². The first kappa shape index (κ1) is 16.2. The SMILES string of the molecule is COc1ccnc(N2CCN(S(=O)(=O)c3ccc(C)s3)CC2)n1. The average molecular weight is 354 g/mol. The molecule has 0 aromatic carbocycles. The van der Waals surface area contributed by atoms with Crippen molar-refractivity contribution >= 4 is 27.3 Å². The summed E-state index contributed by atoms with van der Waals surface area (Å²) in [6, 6.07) is 5.19. The molecule has 23 heavy (non-hydrogen) atoms. The van der Waals surface area contributed by atoms with Gasteiger partial charge in [0.1, 0.15) is 4.21 Å². The van der Waals surface area contributed by atoms with Gasteiger partial charge in [-0.05, 0) is 19.1 Å². The van der Waals surface area contributed by atoms with Crippen molar-refractivity contribution in [2.45, 2.75) is 11.1 Å². The first-order valence-corrected chi connectivity index (χ1v) is 9.45. The Morgan fingerprint density at radius 1 is 1.17 bits per heavy atom. The number of thiophene rings is 1. The van der Waals surface area contributed by atoms with E-state index in [4.69, 9.17) is 4.74 Å². The zero-order chi connectivity index (χ0) is 16.4. The number of hydrogen-bond donors (Lipinski definition) is 0. The van der Waals surface area contributed by atoms with Crippen molar-refractivity contribution in [3.05, 3.63) is 29.3 Å². The Balaban J connectivity index is 1.70. The summed E-state index contributed by atoms with van der Waals surface area (Å²) in [6.07, 6.45) is 1.64. The van der Waals surface area contributed by atoms with E-state index >= 15 is 0 Å². The maximum atomic E-state index is 12.6. The molecule has 0 unspecified atom stereocenters. The predicted octanol–water partition coefficient (Wildman–Crippen LogP) is 1.37. The fourth-order valence-electron chi connectivity index (χ4n) is 2.40. The number of piperazine rings is 1. The van der Waals surface area contributed by atoms with E-state index in [-0.39, 0.29) is 0 Å². The summed E-state index contributed by atoms with van der Waals surface area (Å²) in [5.74, 6) is 1.06. The number of aromatic nitrogens is 2. The van der Waals surface area contributed by atoms with E-state index in [1.807, 2.05) is 17.9 Å². The van der Waals surface area contributed by atoms with Crippen molar-refractivity contribution in [1.29, 1.82) is 0 Å². The van der Waals surface area contributed by atoms with Crippen LogP contribution in [0.3, 0.4) is 0 Å². The molecule has 0 saturated carbocycles. The molecular weight excluding hydrogens is 336 g/mol. The molecule has 0 aliphatic carbocycles. The van der Waals surface area contributed by atoms with E-state index in [0.717, 1.165) is 4.88 Å². The summed E-state index contributed by atoms with van der Waals surface area (Å²) in [7, 11) is -1.84. The van der Waals surface area contributed by atoms with Crippen LogP contribution in [0.1, 0.15) is 4.88 Å². The predicted molar refractivity (Wildman–Crippen MR) is 88.6 cm³/mol. The third-order valence-electron chi connectivity index (χ3n) is 3.66. The highest BCUT2D eigenvalue weighted by atomic mass is 32.2. The van der Waals surface area contributed by atoms with Gasteiger partial charge in [-0.25, -0.2) is 13.4 Å². The summed E-state index contributed by atoms with van der Waals surface area (Å²) in [6.45, 7) is 3.84. The third kappa shape index (κ3) is 3.31. The Hall–Kier alpha value is -1.71. The summed E-state index contributed by atoms with van der Waals surface area (Å²) < 4.78 is 32.2. The minimum atomic E-state index is -3.40. The Bertz CT molecular complexity index is 783. The lowest BCUT2D eigenvalue weighted by molar-refractivity contribution is 0.378. The highest BCUT2D eigenvalue weighted by Crippen LogP contribution is 2.25. The van der Waals surface area contributed by atoms with Gasteiger partial charge in [0.15, 0.2) is 0 Å². The maximum absolute atomic E-state index is 12.6. The van der Waals surface area contributed by atoms with E-state index < -0.39 is 10.0 Å². The van der Waals surface area contributed by atoms with Crippen LogP contribution in [0.25, 0.3) is 0 Å². The highest BCUT2D eigenvalue weighted by Gasteiger charge is 2.30. The van der Waals surface area contributed by atoms with Crippen molar-refractivity contribution in [1.82, 2.24) is 14.3 Å². The van der Waals surface area contributed by atoms with Crippen molar-refractivity contribution in [3.63, 3.8) is 0 Å². The molecule has 0 N–H and O–H groups in total. The standard InChI is InChI=1S/C14H18N4O3S2/c1-11-3-4-13(22-11)23(19,20)18-9-7-17(8-10-18)14-15-6-5-12(16-14)21-2/h3-6H,7-10H2,1-2H3. The topological polar surface area (TPSA) is 75.6 Å². The van der Waals surface area contributed by atoms with E-state index in [2.05, 4.69) is 9.97 Å². The lowest BCUT2D eigenvalue weighted by Crippen LogP contribution is -2.49. The minimum absolute atomic E-state index is 0.404. The van der Waals surface area contributed by atoms with Crippen LogP contribution in [0.4, 0.5) is 5.95 Å². The number of rotatable bonds is 4. The van der Waals surface area contributed by atoms with Crippen molar-refractivity contribution < 1.29 is 13.2 Å². The molecule has 1 aliphatic heterocycles. The van der Waals surface area contributed by atoms with Crippen molar-refractivity contribution in [2.24, 2.45) is 0 Å². The lowest BCUT2D eigenvalue weighted by atomic mass is 10.4. The zero-order valence-electron chi connectivity index (χ0n) is 13.0. The second-order valence-electron chi connectivity index (χ2n) is 5.16. The molecule has 1 fully saturated rings. The van der Waals surface area contributed by atoms with Gasteiger partial charge in [-0.3, -0.25) is 0 Å². The van der Waals surface area contributed by atoms with Crippen LogP contribution in [-0.2, 0) is 10.0 Å². The molecule has 2 aromatic heterocycles. The minimum Gasteiger partial charge on any atom is -0.481 e. The number of sulfonamides is 1. The Morgan fingerprint density at radius 2 is 1.91 bits per heavy atom. The molecule has 7 nitrogen and oxygen atoms in total. The molecule has 3 rings (SSSR count). The van der Waals surface area contributed by atoms with Crippen LogP contribution < -0.4 is 9.64 Å². The molecule has 9 heteroatoms. The van der Waals surface area contributed by atoms with Gasteiger partial charge in [0, 0.05) is 43.3 Å². The van der Waals surface area contributed by atoms with Gasteiger partial charge in [-0.1, -0.05) is 0 Å². The molecule has 3 heterocycles. The largest absolute Gasteiger partial charge is 0.481 e. The fourth-order valence-corrected chi connectivity index (χ4v) is 5.26. The lowest BCUT2D eigenvalue weighted by Gasteiger charge is -2.33. The van der Waals surface area contributed by atoms with Crippen molar-refractivity contribution in [2.75, 3.05) is 38.2 Å². The molecule has 1 saturated heterocycles. The second-order valence-corrected chi connectivity index (χ2v) is 8.61. The Morgan fingerprint density at radius 3 is 2.52 bits per heavy atom. The summed E-state index contributed by atoms with van der Waals surface area (Å²) in [4.78, 5) is 11.5. The van der Waals surface area contributed by atoms with E-state index in [1.165, 1.54) is 15.6 Å². The first-order chi connectivity index (χ1) is 11.0. The van der Waals surface area contributed by atoms with Crippen LogP contribution in [0.15, 0.2) is 28.6 Å². The first-order valence-electron chi connectivity index (χ1n) is 7.19. The van der Waals surface area contributed by atoms with Crippen LogP contribution in [0.2, 0.25) is 0 Å². The molecule has 0 spiro atoms. The van der Waals surface area contributed by atoms with Gasteiger partial charge in [-0.15, -0.1) is 11.3 Å². The molecule has 2 aromatic rings. The van der Waals surface area contributed by atoms with Gasteiger partial charge in [0.05, 0.1) is 7.11 Å². The van der Waals surface area contributed by atoms with Gasteiger partial charge in [-0.2, -0.15) is 9.29 Å². The average Bonchev–Trinajstić information content (AvgIpc) is 3.02. The van der Waals surface area contributed by atoms with E-state index in [0.29, 0.717) is 42.2 Å². The second kappa shape index (κ2) is 6.42. The van der Waals surface area contributed by atoms with Gasteiger partial charge < -0.3 is 9.64 Å². The van der Waals surface area contributed by atoms with Crippen LogP contribution in [-0.4, -0.2) is 56.0 Å². The highest BCUT2D eigenvalue weighted by molar-refractivity contribution is 7.91. The maximum Gasteiger partial charge on any atom is 0.252 e. The number of ether oxygens (including phenoxy) is 1. The molecule has 1 aliphatic rings. The van der Waals surface area contributed by atoms with E-state index in [1.54, 1.807) is 25.4 Å². The molecule has 0 radical (unpaired) electrons. The number of anilines is 1. The molecule has 0 atom stereocenters. The van der Waals surface area contributed by atoms with Gasteiger partial charge in [0.25, 0.3) is 10.0 Å². The van der Waals surface area contributed by atoms with Gasteiger partial charge in [0.2, 0.25) is 11.8 Å². The van der Waals surface area contributed by atoms with Crippen molar-refractivity contribution in [3.8, 4) is 5.88 Å². The van der Waals surface area contributed by atoms with Crippen LogP contribution in [0.5, 0.6) is 5.88 Å². The van der Waals surface area contributed by atoms with Crippen LogP contribution >= 0.6 is 11.3 Å². The molecule has 124 valence electrons. The number of hydrogen-bond acceptors (Lipinski definition) is 7. The zero-order valence-corrected chi connectivity index (χ0v) is 14.6. The monoisotopic (exact) mass is 354 g/mol. The molecule has 0 amide bonds. The fraction of sp³-hybridized carbons (Fsp3) is 0.429.